The van der Waals surface area contributed by atoms with Crippen molar-refractivity contribution in [2.75, 3.05) is 0 Å². The monoisotopic (exact) mass is 650 g/mol. The van der Waals surface area contributed by atoms with Crippen molar-refractivity contribution >= 4 is 46.1 Å². The van der Waals surface area contributed by atoms with Crippen LogP contribution in [0.25, 0.3) is 15.3 Å². The van der Waals surface area contributed by atoms with Crippen molar-refractivity contribution in [1.82, 2.24) is 4.72 Å². The molecule has 5 heteroatoms. The molecule has 2 aliphatic carbocycles. The minimum atomic E-state index is 0.123. The molecule has 44 heavy (non-hydrogen) atoms. The zero-order chi connectivity index (χ0) is 31.6. The van der Waals surface area contributed by atoms with Gasteiger partial charge in [-0.1, -0.05) is 126 Å². The van der Waals surface area contributed by atoms with Crippen molar-refractivity contribution in [1.29, 1.82) is 0 Å². The molecule has 3 atom stereocenters. The molecule has 0 aromatic carbocycles. The number of hydrogen-bond acceptors (Lipinski definition) is 5. The van der Waals surface area contributed by atoms with E-state index in [1.807, 2.05) is 0 Å². The Bertz CT molecular complexity index is 1370. The molecule has 1 N–H and O–H groups in total. The van der Waals surface area contributed by atoms with Crippen molar-refractivity contribution < 1.29 is 0 Å². The fourth-order valence-corrected chi connectivity index (χ4v) is 11.2. The molecule has 0 saturated heterocycles. The highest BCUT2D eigenvalue weighted by molar-refractivity contribution is 7.96. The first-order valence-electron chi connectivity index (χ1n) is 17.8. The number of rotatable bonds is 16. The van der Waals surface area contributed by atoms with Gasteiger partial charge in [0.25, 0.3) is 0 Å². The predicted molar refractivity (Wildman–Crippen MR) is 200 cm³/mol. The summed E-state index contributed by atoms with van der Waals surface area (Å²) in [5.41, 5.74) is 7.65. The molecule has 5 rings (SSSR count). The predicted octanol–water partition coefficient (Wildman–Crippen LogP) is 13.1. The largest absolute Gasteiger partial charge is 0.231 e. The number of fused-ring (bicyclic) bond motifs is 4. The van der Waals surface area contributed by atoms with Crippen LogP contribution in [-0.4, -0.2) is 11.8 Å². The van der Waals surface area contributed by atoms with Crippen LogP contribution in [0.5, 0.6) is 0 Å². The van der Waals surface area contributed by atoms with E-state index in [1.54, 1.807) is 25.8 Å². The highest BCUT2D eigenvalue weighted by Crippen LogP contribution is 2.62. The van der Waals surface area contributed by atoms with Gasteiger partial charge in [-0.05, 0) is 76.8 Å². The summed E-state index contributed by atoms with van der Waals surface area (Å²) in [7, 11) is 0. The van der Waals surface area contributed by atoms with Gasteiger partial charge in [0.1, 0.15) is 0 Å². The third-order valence-corrected chi connectivity index (χ3v) is 14.6. The number of hydrogen-bond donors (Lipinski definition) is 1. The fourth-order valence-electron chi connectivity index (χ4n) is 7.81. The molecule has 2 aromatic heterocycles. The highest BCUT2D eigenvalue weighted by atomic mass is 32.2. The van der Waals surface area contributed by atoms with Crippen LogP contribution in [0.1, 0.15) is 160 Å². The van der Waals surface area contributed by atoms with Gasteiger partial charge in [-0.25, -0.2) is 9.12 Å². The average Bonchev–Trinajstić information content (AvgIpc) is 3.80. The molecule has 2 aromatic rings. The van der Waals surface area contributed by atoms with Gasteiger partial charge >= 0.3 is 0 Å². The molecule has 1 aliphatic heterocycles. The van der Waals surface area contributed by atoms with Crippen LogP contribution in [0.2, 0.25) is 0 Å². The summed E-state index contributed by atoms with van der Waals surface area (Å²) in [4.78, 5) is 6.19. The maximum Gasteiger partial charge on any atom is 0.0884 e. The smallest absolute Gasteiger partial charge is 0.0884 e. The first-order chi connectivity index (χ1) is 21.1. The first kappa shape index (κ1) is 34.2. The second kappa shape index (κ2) is 14.3. The summed E-state index contributed by atoms with van der Waals surface area (Å²) < 4.78 is 8.66. The van der Waals surface area contributed by atoms with Crippen LogP contribution in [-0.2, 0) is 5.41 Å². The van der Waals surface area contributed by atoms with Crippen molar-refractivity contribution in [2.45, 2.75) is 150 Å². The third kappa shape index (κ3) is 6.38. The summed E-state index contributed by atoms with van der Waals surface area (Å²) in [5.74, 6) is 2.11. The molecule has 3 heterocycles. The van der Waals surface area contributed by atoms with Gasteiger partial charge in [-0.2, -0.15) is 0 Å². The molecule has 0 radical (unpaired) electrons. The van der Waals surface area contributed by atoms with Gasteiger partial charge < -0.3 is 0 Å². The van der Waals surface area contributed by atoms with E-state index in [9.17, 15) is 0 Å². The summed E-state index contributed by atoms with van der Waals surface area (Å²) >= 11 is 5.71. The van der Waals surface area contributed by atoms with Crippen molar-refractivity contribution in [3.63, 3.8) is 0 Å². The van der Waals surface area contributed by atoms with Crippen LogP contribution in [0.3, 0.4) is 0 Å². The van der Waals surface area contributed by atoms with Gasteiger partial charge in [-0.3, -0.25) is 0 Å². The Morgan fingerprint density at radius 3 is 2.05 bits per heavy atom. The van der Waals surface area contributed by atoms with Gasteiger partial charge in [0.15, 0.2) is 0 Å². The zero-order valence-corrected chi connectivity index (χ0v) is 31.5. The number of allylic oxidation sites excluding steroid dienone is 2. The lowest BCUT2D eigenvalue weighted by Crippen LogP contribution is -2.36. The Balaban J connectivity index is 1.67. The van der Waals surface area contributed by atoms with Crippen molar-refractivity contribution in [2.24, 2.45) is 21.6 Å². The molecule has 2 nitrogen and oxygen atoms in total. The van der Waals surface area contributed by atoms with E-state index in [1.165, 1.54) is 98.1 Å². The maximum absolute atomic E-state index is 4.96. The second-order valence-corrected chi connectivity index (χ2v) is 17.5. The van der Waals surface area contributed by atoms with Gasteiger partial charge in [0.2, 0.25) is 0 Å². The first-order valence-corrected chi connectivity index (χ1v) is 20.3. The van der Waals surface area contributed by atoms with Gasteiger partial charge in [-0.15, -0.1) is 22.7 Å². The quantitative estimate of drug-likeness (QED) is 0.183. The normalized spacial score (nSPS) is 22.4. The lowest BCUT2D eigenvalue weighted by atomic mass is 9.65. The number of unbranched alkanes of at least 4 members (excludes halogenated alkanes) is 2. The van der Waals surface area contributed by atoms with Gasteiger partial charge in [0.05, 0.1) is 23.9 Å². The standard InChI is InChI=1S/C39H58N2S3/c1-10-15-17-26(12-3)23-39(24-27(13-4)18-16-11-2)30-21-32(25(6)7)42-36(30)37-31(39)22-33(43-37)28-19-20-29(38(8,9)14-5)35-34(28)40-44-41-35/h19-22,25-27,34,40H,10-18,23-24H2,1-9H3. The van der Waals surface area contributed by atoms with E-state index in [4.69, 9.17) is 4.40 Å². The summed E-state index contributed by atoms with van der Waals surface area (Å²) in [6, 6.07) is 5.50. The second-order valence-electron chi connectivity index (χ2n) is 14.8. The number of thiophene rings is 2. The molecular formula is C39H58N2S3. The lowest BCUT2D eigenvalue weighted by Gasteiger charge is -2.38. The van der Waals surface area contributed by atoms with E-state index in [0.717, 1.165) is 18.3 Å². The van der Waals surface area contributed by atoms with Crippen LogP contribution in [0.4, 0.5) is 0 Å². The summed E-state index contributed by atoms with van der Waals surface area (Å²) in [6.07, 6.45) is 19.1. The Morgan fingerprint density at radius 2 is 1.48 bits per heavy atom. The summed E-state index contributed by atoms with van der Waals surface area (Å²) in [6.45, 7) is 21.4. The van der Waals surface area contributed by atoms with Crippen molar-refractivity contribution in [3.05, 3.63) is 50.7 Å². The number of nitrogens with one attached hydrogen (secondary N) is 1. The molecule has 3 aliphatic rings. The van der Waals surface area contributed by atoms with Gasteiger partial charge in [0, 0.05) is 24.9 Å². The summed E-state index contributed by atoms with van der Waals surface area (Å²) in [5, 5.41) is 0. The van der Waals surface area contributed by atoms with E-state index >= 15 is 0 Å². The Morgan fingerprint density at radius 1 is 0.864 bits per heavy atom. The third-order valence-electron chi connectivity index (χ3n) is 11.2. The fraction of sp³-hybridized carbons (Fsp3) is 0.667. The Hall–Kier alpha value is -1.14. The van der Waals surface area contributed by atoms with Crippen LogP contribution in [0, 0.1) is 17.3 Å². The molecule has 242 valence electrons. The minimum absolute atomic E-state index is 0.123. The number of nitrogens with zero attached hydrogens (tertiary/aromatic N) is 1. The maximum atomic E-state index is 4.96. The molecular weight excluding hydrogens is 593 g/mol. The van der Waals surface area contributed by atoms with E-state index in [-0.39, 0.29) is 16.9 Å². The Kier molecular flexibility index (Phi) is 11.1. The van der Waals surface area contributed by atoms with Crippen LogP contribution >= 0.6 is 34.8 Å². The minimum Gasteiger partial charge on any atom is -0.231 e. The van der Waals surface area contributed by atoms with Crippen LogP contribution < -0.4 is 4.72 Å². The molecule has 0 spiro atoms. The highest BCUT2D eigenvalue weighted by Gasteiger charge is 2.48. The lowest BCUT2D eigenvalue weighted by molar-refractivity contribution is 0.266. The van der Waals surface area contributed by atoms with E-state index in [2.05, 4.69) is 114 Å². The SMILES string of the molecule is CCCCC(CC)CC1(CC(CC)CCCC)c2cc(C3=CC=C(C(C)(C)CC)C4=NSNC34)sc2-c2sc(C(C)C)cc21. The molecule has 0 saturated carbocycles. The topological polar surface area (TPSA) is 24.4 Å². The van der Waals surface area contributed by atoms with E-state index < -0.39 is 0 Å². The molecule has 0 fully saturated rings. The molecule has 3 unspecified atom stereocenters. The molecule has 0 amide bonds. The zero-order valence-electron chi connectivity index (χ0n) is 29.1. The average molecular weight is 651 g/mol. The van der Waals surface area contributed by atoms with Crippen LogP contribution in [0.15, 0.2) is 34.3 Å². The van der Waals surface area contributed by atoms with Crippen molar-refractivity contribution in [3.8, 4) is 9.75 Å². The Labute approximate surface area is 282 Å². The molecule has 0 bridgehead atoms. The van der Waals surface area contributed by atoms with E-state index in [0.29, 0.717) is 5.92 Å².